The summed E-state index contributed by atoms with van der Waals surface area (Å²) in [6, 6.07) is 26.6. The molecule has 0 spiro atoms. The summed E-state index contributed by atoms with van der Waals surface area (Å²) in [5.41, 5.74) is 5.63. The number of amides is 1. The summed E-state index contributed by atoms with van der Waals surface area (Å²) in [7, 11) is 0. The van der Waals surface area contributed by atoms with E-state index in [1.54, 1.807) is 0 Å². The maximum absolute atomic E-state index is 12.7. The number of hydrogen-bond acceptors (Lipinski definition) is 1. The van der Waals surface area contributed by atoms with Gasteiger partial charge in [-0.25, -0.2) is 0 Å². The van der Waals surface area contributed by atoms with E-state index in [2.05, 4.69) is 41.7 Å². The summed E-state index contributed by atoms with van der Waals surface area (Å²) in [6.45, 7) is 0. The lowest BCUT2D eigenvalue weighted by molar-refractivity contribution is 0.0933. The molecule has 4 rings (SSSR count). The van der Waals surface area contributed by atoms with E-state index in [-0.39, 0.29) is 11.9 Å². The molecule has 0 bridgehead atoms. The van der Waals surface area contributed by atoms with E-state index in [0.29, 0.717) is 5.56 Å². The summed E-state index contributed by atoms with van der Waals surface area (Å²) in [6.07, 6.45) is 3.23. The molecule has 1 N–H and O–H groups in total. The van der Waals surface area contributed by atoms with Crippen molar-refractivity contribution >= 4 is 5.91 Å². The van der Waals surface area contributed by atoms with E-state index < -0.39 is 0 Å². The fourth-order valence-electron chi connectivity index (χ4n) is 3.59. The Hall–Kier alpha value is -2.87. The lowest BCUT2D eigenvalue weighted by Gasteiger charge is -2.26. The van der Waals surface area contributed by atoms with Crippen LogP contribution in [0.4, 0.5) is 0 Å². The Morgan fingerprint density at radius 1 is 0.800 bits per heavy atom. The standard InChI is InChI=1S/C23H21NO/c25-23(24-22-12-6-10-19-9-4-5-11-21(19)22)20-15-13-18(14-16-20)17-7-2-1-3-8-17/h1-5,7-9,11,13-16,22H,6,10,12H2,(H,24,25)/t22-/m0/s1. The molecular weight excluding hydrogens is 306 g/mol. The van der Waals surface area contributed by atoms with Crippen LogP contribution in [0.5, 0.6) is 0 Å². The molecule has 0 saturated heterocycles. The van der Waals surface area contributed by atoms with Crippen LogP contribution in [-0.4, -0.2) is 5.91 Å². The van der Waals surface area contributed by atoms with Crippen molar-refractivity contribution in [3.63, 3.8) is 0 Å². The van der Waals surface area contributed by atoms with Gasteiger partial charge in [0.2, 0.25) is 0 Å². The molecule has 0 heterocycles. The van der Waals surface area contributed by atoms with Gasteiger partial charge in [0, 0.05) is 5.56 Å². The first kappa shape index (κ1) is 15.6. The van der Waals surface area contributed by atoms with Crippen molar-refractivity contribution in [1.29, 1.82) is 0 Å². The predicted octanol–water partition coefficient (Wildman–Crippen LogP) is 5.16. The molecule has 25 heavy (non-hydrogen) atoms. The van der Waals surface area contributed by atoms with Crippen LogP contribution in [0.25, 0.3) is 11.1 Å². The van der Waals surface area contributed by atoms with E-state index in [9.17, 15) is 4.79 Å². The van der Waals surface area contributed by atoms with E-state index in [0.717, 1.165) is 30.4 Å². The first-order valence-corrected chi connectivity index (χ1v) is 8.85. The van der Waals surface area contributed by atoms with Crippen LogP contribution in [0.3, 0.4) is 0 Å². The van der Waals surface area contributed by atoms with Crippen LogP contribution in [0, 0.1) is 0 Å². The molecule has 0 unspecified atom stereocenters. The average molecular weight is 327 g/mol. The van der Waals surface area contributed by atoms with Gasteiger partial charge in [0.1, 0.15) is 0 Å². The summed E-state index contributed by atoms with van der Waals surface area (Å²) in [5.74, 6) is 0.00122. The van der Waals surface area contributed by atoms with Crippen LogP contribution in [0.2, 0.25) is 0 Å². The Morgan fingerprint density at radius 3 is 2.28 bits per heavy atom. The maximum atomic E-state index is 12.7. The summed E-state index contributed by atoms with van der Waals surface area (Å²) >= 11 is 0. The third-order valence-electron chi connectivity index (χ3n) is 4.93. The number of carbonyl (C=O) groups is 1. The second kappa shape index (κ2) is 6.94. The fraction of sp³-hybridized carbons (Fsp3) is 0.174. The highest BCUT2D eigenvalue weighted by Gasteiger charge is 2.21. The van der Waals surface area contributed by atoms with Gasteiger partial charge in [-0.05, 0) is 53.6 Å². The van der Waals surface area contributed by atoms with Crippen LogP contribution < -0.4 is 5.32 Å². The molecule has 3 aromatic carbocycles. The molecule has 1 amide bonds. The highest BCUT2D eigenvalue weighted by atomic mass is 16.1. The summed E-state index contributed by atoms with van der Waals surface area (Å²) < 4.78 is 0. The molecule has 0 fully saturated rings. The molecule has 0 radical (unpaired) electrons. The lowest BCUT2D eigenvalue weighted by atomic mass is 9.87. The van der Waals surface area contributed by atoms with Gasteiger partial charge >= 0.3 is 0 Å². The number of carbonyl (C=O) groups excluding carboxylic acids is 1. The molecule has 2 heteroatoms. The predicted molar refractivity (Wildman–Crippen MR) is 101 cm³/mol. The highest BCUT2D eigenvalue weighted by molar-refractivity contribution is 5.95. The number of nitrogens with one attached hydrogen (secondary N) is 1. The molecule has 0 aliphatic heterocycles. The van der Waals surface area contributed by atoms with Gasteiger partial charge in [-0.1, -0.05) is 66.7 Å². The van der Waals surface area contributed by atoms with Crippen molar-refractivity contribution in [2.24, 2.45) is 0 Å². The minimum atomic E-state index is 0.00122. The van der Waals surface area contributed by atoms with Gasteiger partial charge in [0.05, 0.1) is 6.04 Å². The number of rotatable bonds is 3. The van der Waals surface area contributed by atoms with Crippen molar-refractivity contribution < 1.29 is 4.79 Å². The largest absolute Gasteiger partial charge is 0.345 e. The van der Waals surface area contributed by atoms with Gasteiger partial charge in [-0.3, -0.25) is 4.79 Å². The highest BCUT2D eigenvalue weighted by Crippen LogP contribution is 2.29. The van der Waals surface area contributed by atoms with E-state index in [1.807, 2.05) is 42.5 Å². The zero-order valence-corrected chi connectivity index (χ0v) is 14.1. The Bertz CT molecular complexity index is 868. The minimum Gasteiger partial charge on any atom is -0.345 e. The van der Waals surface area contributed by atoms with Crippen molar-refractivity contribution in [2.45, 2.75) is 25.3 Å². The second-order valence-corrected chi connectivity index (χ2v) is 6.56. The molecule has 1 atom stereocenters. The van der Waals surface area contributed by atoms with Crippen LogP contribution in [-0.2, 0) is 6.42 Å². The van der Waals surface area contributed by atoms with Crippen LogP contribution in [0.1, 0.15) is 40.4 Å². The second-order valence-electron chi connectivity index (χ2n) is 6.56. The number of aryl methyl sites for hydroxylation is 1. The summed E-state index contributed by atoms with van der Waals surface area (Å²) in [5, 5.41) is 3.21. The number of fused-ring (bicyclic) bond motifs is 1. The molecule has 1 aliphatic carbocycles. The van der Waals surface area contributed by atoms with Gasteiger partial charge in [0.25, 0.3) is 5.91 Å². The van der Waals surface area contributed by atoms with Crippen molar-refractivity contribution in [3.8, 4) is 11.1 Å². The van der Waals surface area contributed by atoms with Crippen molar-refractivity contribution in [1.82, 2.24) is 5.32 Å². The van der Waals surface area contributed by atoms with Gasteiger partial charge in [0.15, 0.2) is 0 Å². The van der Waals surface area contributed by atoms with Crippen molar-refractivity contribution in [3.05, 3.63) is 95.6 Å². The topological polar surface area (TPSA) is 29.1 Å². The van der Waals surface area contributed by atoms with E-state index >= 15 is 0 Å². The molecule has 1 aliphatic rings. The van der Waals surface area contributed by atoms with E-state index in [1.165, 1.54) is 11.1 Å². The SMILES string of the molecule is O=C(N[C@H]1CCCc2ccccc21)c1ccc(-c2ccccc2)cc1. The fourth-order valence-corrected chi connectivity index (χ4v) is 3.59. The minimum absolute atomic E-state index is 0.00122. The first-order valence-electron chi connectivity index (χ1n) is 8.85. The molecule has 0 saturated carbocycles. The normalized spacial score (nSPS) is 16.1. The lowest BCUT2D eigenvalue weighted by Crippen LogP contribution is -2.30. The first-order chi connectivity index (χ1) is 12.3. The Morgan fingerprint density at radius 2 is 1.48 bits per heavy atom. The third-order valence-corrected chi connectivity index (χ3v) is 4.93. The van der Waals surface area contributed by atoms with Gasteiger partial charge < -0.3 is 5.32 Å². The quantitative estimate of drug-likeness (QED) is 0.707. The smallest absolute Gasteiger partial charge is 0.251 e. The molecule has 124 valence electrons. The molecule has 3 aromatic rings. The molecule has 2 nitrogen and oxygen atoms in total. The molecular formula is C23H21NO. The Balaban J connectivity index is 1.51. The van der Waals surface area contributed by atoms with Crippen molar-refractivity contribution in [2.75, 3.05) is 0 Å². The van der Waals surface area contributed by atoms with E-state index in [4.69, 9.17) is 0 Å². The molecule has 0 aromatic heterocycles. The van der Waals surface area contributed by atoms with Crippen LogP contribution >= 0.6 is 0 Å². The zero-order valence-electron chi connectivity index (χ0n) is 14.1. The average Bonchev–Trinajstić information content (AvgIpc) is 2.69. The number of benzene rings is 3. The monoisotopic (exact) mass is 327 g/mol. The maximum Gasteiger partial charge on any atom is 0.251 e. The third kappa shape index (κ3) is 3.34. The van der Waals surface area contributed by atoms with Gasteiger partial charge in [-0.15, -0.1) is 0 Å². The summed E-state index contributed by atoms with van der Waals surface area (Å²) in [4.78, 5) is 12.7. The Labute approximate surface area is 148 Å². The van der Waals surface area contributed by atoms with Gasteiger partial charge in [-0.2, -0.15) is 0 Å². The zero-order chi connectivity index (χ0) is 17.1. The Kier molecular flexibility index (Phi) is 4.34. The number of hydrogen-bond donors (Lipinski definition) is 1. The van der Waals surface area contributed by atoms with Crippen LogP contribution in [0.15, 0.2) is 78.9 Å².